The predicted molar refractivity (Wildman–Crippen MR) is 105 cm³/mol. The number of esters is 1. The Hall–Kier alpha value is -1.04. The average molecular weight is 379 g/mol. The van der Waals surface area contributed by atoms with E-state index in [0.717, 1.165) is 35.1 Å². The monoisotopic (exact) mass is 378 g/mol. The average Bonchev–Trinajstić information content (AvgIpc) is 3.06. The topological polar surface area (TPSA) is 26.3 Å². The number of carbonyl (C=O) groups excluding carboxylic acids is 1. The molecule has 3 rings (SSSR count). The summed E-state index contributed by atoms with van der Waals surface area (Å²) in [6.07, 6.45) is 9.31. The van der Waals surface area contributed by atoms with E-state index in [1.807, 2.05) is 30.3 Å². The second-order valence-electron chi connectivity index (χ2n) is 6.34. The molecule has 1 aliphatic rings. The Morgan fingerprint density at radius 1 is 0.958 bits per heavy atom. The highest BCUT2D eigenvalue weighted by atomic mass is 32.9. The first-order valence-electron chi connectivity index (χ1n) is 8.65. The molecular formula is C19H22O2S3. The van der Waals surface area contributed by atoms with Crippen LogP contribution in [0, 0.1) is 9.74 Å². The van der Waals surface area contributed by atoms with Gasteiger partial charge in [-0.2, -0.15) is 0 Å². The zero-order valence-electron chi connectivity index (χ0n) is 13.7. The zero-order chi connectivity index (χ0) is 16.8. The fourth-order valence-electron chi connectivity index (χ4n) is 3.13. The first-order chi connectivity index (χ1) is 11.7. The third-order valence-electron chi connectivity index (χ3n) is 4.51. The first-order valence-corrected chi connectivity index (χ1v) is 11.2. The van der Waals surface area contributed by atoms with E-state index in [4.69, 9.17) is 17.0 Å². The molecule has 0 spiro atoms. The molecule has 0 radical (unpaired) electrons. The van der Waals surface area contributed by atoms with Crippen LogP contribution >= 0.6 is 32.9 Å². The minimum atomic E-state index is -0.0594. The van der Waals surface area contributed by atoms with Crippen molar-refractivity contribution >= 4 is 38.9 Å². The lowest BCUT2D eigenvalue weighted by molar-refractivity contribution is -0.139. The van der Waals surface area contributed by atoms with Gasteiger partial charge < -0.3 is 4.74 Å². The number of rotatable bonds is 3. The maximum Gasteiger partial charge on any atom is 0.314 e. The van der Waals surface area contributed by atoms with Crippen molar-refractivity contribution in [2.45, 2.75) is 51.4 Å². The minimum Gasteiger partial charge on any atom is -0.426 e. The number of carbonyl (C=O) groups is 1. The van der Waals surface area contributed by atoms with Gasteiger partial charge in [-0.15, -0.1) is 0 Å². The molecule has 0 unspecified atom stereocenters. The molecule has 2 nitrogen and oxygen atoms in total. The third-order valence-corrected chi connectivity index (χ3v) is 7.42. The van der Waals surface area contributed by atoms with Crippen LogP contribution in [-0.4, -0.2) is 5.97 Å². The molecule has 0 N–H and O–H groups in total. The van der Waals surface area contributed by atoms with Crippen molar-refractivity contribution < 1.29 is 9.53 Å². The van der Waals surface area contributed by atoms with Crippen molar-refractivity contribution in [3.05, 3.63) is 34.2 Å². The Kier molecular flexibility index (Phi) is 6.58. The molecule has 2 aromatic rings. The molecule has 0 aliphatic heterocycles. The maximum atomic E-state index is 12.5. The highest BCUT2D eigenvalue weighted by Gasteiger charge is 2.21. The number of ether oxygens (including phenoxy) is 1. The second-order valence-corrected chi connectivity index (χ2v) is 9.25. The number of hydrogen-bond donors (Lipinski definition) is 0. The zero-order valence-corrected chi connectivity index (χ0v) is 16.1. The quantitative estimate of drug-likeness (QED) is 0.252. The molecule has 1 aliphatic carbocycles. The van der Waals surface area contributed by atoms with E-state index in [-0.39, 0.29) is 11.9 Å². The normalized spacial score (nSPS) is 16.8. The Morgan fingerprint density at radius 2 is 1.58 bits per heavy atom. The molecule has 1 fully saturated rings. The fraction of sp³-hybridized carbons (Fsp3) is 0.474. The minimum absolute atomic E-state index is 0.0594. The summed E-state index contributed by atoms with van der Waals surface area (Å²) in [5, 5.41) is 0. The number of hydrogen-bond acceptors (Lipinski definition) is 5. The summed E-state index contributed by atoms with van der Waals surface area (Å²) in [4.78, 5) is 13.6. The molecule has 1 heterocycles. The van der Waals surface area contributed by atoms with Crippen LogP contribution in [-0.2, 0) is 4.79 Å². The summed E-state index contributed by atoms with van der Waals surface area (Å²) in [6, 6.07) is 9.78. The van der Waals surface area contributed by atoms with Gasteiger partial charge in [0.15, 0.2) is 0 Å². The van der Waals surface area contributed by atoms with Gasteiger partial charge in [0.25, 0.3) is 0 Å². The summed E-state index contributed by atoms with van der Waals surface area (Å²) in [6.45, 7) is 0. The van der Waals surface area contributed by atoms with Crippen molar-refractivity contribution in [1.82, 2.24) is 0 Å². The van der Waals surface area contributed by atoms with Crippen LogP contribution in [0.2, 0.25) is 0 Å². The van der Waals surface area contributed by atoms with Crippen LogP contribution in [0.4, 0.5) is 0 Å². The molecule has 1 saturated carbocycles. The first kappa shape index (κ1) is 17.8. The summed E-state index contributed by atoms with van der Waals surface area (Å²) >= 11 is 5.18. The lowest BCUT2D eigenvalue weighted by Gasteiger charge is -2.14. The lowest BCUT2D eigenvalue weighted by Crippen LogP contribution is -2.20. The van der Waals surface area contributed by atoms with Crippen LogP contribution in [0.3, 0.4) is 0 Å². The highest BCUT2D eigenvalue weighted by molar-refractivity contribution is 7.80. The van der Waals surface area contributed by atoms with Crippen molar-refractivity contribution in [2.75, 3.05) is 0 Å². The summed E-state index contributed by atoms with van der Waals surface area (Å²) in [5.74, 6) is 0.642. The van der Waals surface area contributed by atoms with Crippen molar-refractivity contribution in [3.63, 3.8) is 0 Å². The Bertz CT molecular complexity index is 705. The van der Waals surface area contributed by atoms with Crippen molar-refractivity contribution in [2.24, 2.45) is 5.92 Å². The molecule has 1 aromatic heterocycles. The maximum absolute atomic E-state index is 12.5. The fourth-order valence-corrected chi connectivity index (χ4v) is 5.53. The summed E-state index contributed by atoms with van der Waals surface area (Å²) in [7, 11) is 3.29. The van der Waals surface area contributed by atoms with Crippen LogP contribution in [0.15, 0.2) is 30.3 Å². The lowest BCUT2D eigenvalue weighted by atomic mass is 9.97. The molecule has 0 bridgehead atoms. The van der Waals surface area contributed by atoms with Gasteiger partial charge in [0.1, 0.15) is 9.57 Å². The van der Waals surface area contributed by atoms with E-state index in [1.165, 1.54) is 30.6 Å². The Balaban J connectivity index is 1.62. The largest absolute Gasteiger partial charge is 0.426 e. The molecule has 5 heteroatoms. The molecule has 24 heavy (non-hydrogen) atoms. The van der Waals surface area contributed by atoms with Crippen LogP contribution < -0.4 is 4.74 Å². The van der Waals surface area contributed by atoms with E-state index < -0.39 is 0 Å². The van der Waals surface area contributed by atoms with E-state index in [0.29, 0.717) is 5.75 Å². The Labute approximate surface area is 155 Å². The van der Waals surface area contributed by atoms with Crippen molar-refractivity contribution in [3.8, 4) is 16.2 Å². The summed E-state index contributed by atoms with van der Waals surface area (Å²) in [5.41, 5.74) is 1.12. The molecule has 1 aromatic carbocycles. The van der Waals surface area contributed by atoms with Gasteiger partial charge in [-0.25, -0.2) is 0 Å². The number of benzene rings is 1. The van der Waals surface area contributed by atoms with Gasteiger partial charge in [-0.3, -0.25) is 4.79 Å². The van der Waals surface area contributed by atoms with Gasteiger partial charge in [-0.05, 0) is 48.7 Å². The van der Waals surface area contributed by atoms with E-state index in [2.05, 4.69) is 0 Å². The molecule has 0 amide bonds. The predicted octanol–water partition coefficient (Wildman–Crippen LogP) is 6.86. The summed E-state index contributed by atoms with van der Waals surface area (Å²) < 4.78 is 6.54. The van der Waals surface area contributed by atoms with Crippen molar-refractivity contribution in [1.29, 1.82) is 0 Å². The van der Waals surface area contributed by atoms with Gasteiger partial charge in [-0.1, -0.05) is 71.4 Å². The molecule has 0 atom stereocenters. The Morgan fingerprint density at radius 3 is 2.17 bits per heavy atom. The molecular weight excluding hydrogens is 356 g/mol. The van der Waals surface area contributed by atoms with Gasteiger partial charge in [0.05, 0.1) is 5.92 Å². The van der Waals surface area contributed by atoms with Crippen LogP contribution in [0.5, 0.6) is 5.75 Å². The standard InChI is InChI=1S/C19H22O2S3/c20-19(15-7-5-3-1-2-4-6-8-15)21-16-11-9-14(10-12-16)17-13-18(22)24-23-17/h9-13,15H,1-8H2. The smallest absolute Gasteiger partial charge is 0.314 e. The van der Waals surface area contributed by atoms with Crippen LogP contribution in [0.25, 0.3) is 10.4 Å². The van der Waals surface area contributed by atoms with Gasteiger partial charge in [0, 0.05) is 4.88 Å². The van der Waals surface area contributed by atoms with E-state index in [1.54, 1.807) is 20.7 Å². The second kappa shape index (κ2) is 8.88. The van der Waals surface area contributed by atoms with Gasteiger partial charge >= 0.3 is 5.97 Å². The van der Waals surface area contributed by atoms with E-state index >= 15 is 0 Å². The SMILES string of the molecule is O=C(Oc1ccc(-c2cc(=S)ss2)cc1)C1CCCCCCCC1. The van der Waals surface area contributed by atoms with Gasteiger partial charge in [0.2, 0.25) is 0 Å². The third kappa shape index (κ3) is 4.98. The molecule has 128 valence electrons. The molecule has 0 saturated heterocycles. The van der Waals surface area contributed by atoms with Crippen LogP contribution in [0.1, 0.15) is 51.4 Å². The van der Waals surface area contributed by atoms with E-state index in [9.17, 15) is 4.79 Å². The highest BCUT2D eigenvalue weighted by Crippen LogP contribution is 2.31.